The lowest BCUT2D eigenvalue weighted by Crippen LogP contribution is -2.01. The van der Waals surface area contributed by atoms with E-state index in [4.69, 9.17) is 5.26 Å². The third-order valence-electron chi connectivity index (χ3n) is 2.32. The monoisotopic (exact) mass is 197 g/mol. The van der Waals surface area contributed by atoms with Crippen LogP contribution < -0.4 is 0 Å². The third kappa shape index (κ3) is 1.62. The number of hydrogen-bond acceptors (Lipinski definition) is 2. The van der Waals surface area contributed by atoms with Gasteiger partial charge in [0.15, 0.2) is 0 Å². The van der Waals surface area contributed by atoms with Crippen molar-refractivity contribution in [1.82, 2.24) is 9.78 Å². The van der Waals surface area contributed by atoms with Gasteiger partial charge in [0.2, 0.25) is 0 Å². The van der Waals surface area contributed by atoms with E-state index in [1.807, 2.05) is 41.9 Å². The Morgan fingerprint density at radius 1 is 1.33 bits per heavy atom. The van der Waals surface area contributed by atoms with Gasteiger partial charge in [-0.2, -0.15) is 10.4 Å². The summed E-state index contributed by atoms with van der Waals surface area (Å²) in [6.45, 7) is 2.03. The standard InChI is InChI=1S/C12H11N3/c1-2-12-10(8-13)9-14-15(12)11-6-4-3-5-7-11/h3-7,9H,2H2,1H3. The summed E-state index contributed by atoms with van der Waals surface area (Å²) >= 11 is 0. The Morgan fingerprint density at radius 3 is 2.67 bits per heavy atom. The van der Waals surface area contributed by atoms with E-state index < -0.39 is 0 Å². The smallest absolute Gasteiger partial charge is 0.103 e. The van der Waals surface area contributed by atoms with Gasteiger partial charge in [-0.05, 0) is 18.6 Å². The first-order chi connectivity index (χ1) is 7.36. The maximum absolute atomic E-state index is 8.91. The Hall–Kier alpha value is -2.08. The first-order valence-electron chi connectivity index (χ1n) is 4.89. The molecule has 2 aromatic rings. The second-order valence-corrected chi connectivity index (χ2v) is 3.22. The van der Waals surface area contributed by atoms with Gasteiger partial charge in [-0.3, -0.25) is 0 Å². The Bertz CT molecular complexity index is 491. The van der Waals surface area contributed by atoms with E-state index in [1.165, 1.54) is 0 Å². The first kappa shape index (κ1) is 9.47. The molecule has 0 unspecified atom stereocenters. The van der Waals surface area contributed by atoms with Crippen LogP contribution in [0.15, 0.2) is 36.5 Å². The van der Waals surface area contributed by atoms with Crippen LogP contribution in [-0.2, 0) is 6.42 Å². The highest BCUT2D eigenvalue weighted by atomic mass is 15.3. The summed E-state index contributed by atoms with van der Waals surface area (Å²) in [6, 6.07) is 12.0. The Kier molecular flexibility index (Phi) is 2.51. The van der Waals surface area contributed by atoms with Crippen LogP contribution in [-0.4, -0.2) is 9.78 Å². The number of hydrogen-bond donors (Lipinski definition) is 0. The maximum atomic E-state index is 8.91. The minimum Gasteiger partial charge on any atom is -0.236 e. The number of aromatic nitrogens is 2. The maximum Gasteiger partial charge on any atom is 0.103 e. The quantitative estimate of drug-likeness (QED) is 0.741. The number of nitrogens with zero attached hydrogens (tertiary/aromatic N) is 3. The van der Waals surface area contributed by atoms with Crippen LogP contribution in [0.25, 0.3) is 5.69 Å². The van der Waals surface area contributed by atoms with E-state index in [2.05, 4.69) is 11.2 Å². The van der Waals surface area contributed by atoms with Gasteiger partial charge in [0.05, 0.1) is 23.1 Å². The van der Waals surface area contributed by atoms with Crippen molar-refractivity contribution in [3.8, 4) is 11.8 Å². The molecule has 0 atom stereocenters. The molecule has 0 aliphatic carbocycles. The number of benzene rings is 1. The molecular formula is C12H11N3. The van der Waals surface area contributed by atoms with Crippen molar-refractivity contribution in [1.29, 1.82) is 5.26 Å². The molecule has 74 valence electrons. The molecule has 1 aromatic carbocycles. The molecular weight excluding hydrogens is 186 g/mol. The summed E-state index contributed by atoms with van der Waals surface area (Å²) in [5.74, 6) is 0. The zero-order chi connectivity index (χ0) is 10.7. The Balaban J connectivity index is 2.55. The molecule has 0 saturated carbocycles. The SMILES string of the molecule is CCc1c(C#N)cnn1-c1ccccc1. The first-order valence-corrected chi connectivity index (χ1v) is 4.89. The van der Waals surface area contributed by atoms with Gasteiger partial charge in [0.1, 0.15) is 6.07 Å². The summed E-state index contributed by atoms with van der Waals surface area (Å²) in [6.07, 6.45) is 2.42. The zero-order valence-electron chi connectivity index (χ0n) is 8.51. The number of nitriles is 1. The summed E-state index contributed by atoms with van der Waals surface area (Å²) in [4.78, 5) is 0. The molecule has 0 aliphatic rings. The van der Waals surface area contributed by atoms with Crippen molar-refractivity contribution in [2.24, 2.45) is 0 Å². The van der Waals surface area contributed by atoms with Gasteiger partial charge < -0.3 is 0 Å². The molecule has 0 fully saturated rings. The molecule has 0 aliphatic heterocycles. The normalized spacial score (nSPS) is 9.87. The van der Waals surface area contributed by atoms with Crippen LogP contribution >= 0.6 is 0 Å². The summed E-state index contributed by atoms with van der Waals surface area (Å²) in [5, 5.41) is 13.1. The van der Waals surface area contributed by atoms with E-state index in [1.54, 1.807) is 6.20 Å². The second kappa shape index (κ2) is 3.97. The van der Waals surface area contributed by atoms with Gasteiger partial charge in [0, 0.05) is 0 Å². The highest BCUT2D eigenvalue weighted by molar-refractivity contribution is 5.39. The average Bonchev–Trinajstić information content (AvgIpc) is 2.72. The minimum atomic E-state index is 0.654. The van der Waals surface area contributed by atoms with E-state index in [0.29, 0.717) is 5.56 Å². The molecule has 0 N–H and O–H groups in total. The van der Waals surface area contributed by atoms with Crippen molar-refractivity contribution in [3.05, 3.63) is 47.8 Å². The highest BCUT2D eigenvalue weighted by Crippen LogP contribution is 2.14. The van der Waals surface area contributed by atoms with Crippen LogP contribution in [0, 0.1) is 11.3 Å². The fourth-order valence-electron chi connectivity index (χ4n) is 1.60. The largest absolute Gasteiger partial charge is 0.236 e. The van der Waals surface area contributed by atoms with E-state index in [-0.39, 0.29) is 0 Å². The molecule has 3 heteroatoms. The fraction of sp³-hybridized carbons (Fsp3) is 0.167. The van der Waals surface area contributed by atoms with Gasteiger partial charge in [-0.1, -0.05) is 25.1 Å². The molecule has 0 saturated heterocycles. The topological polar surface area (TPSA) is 41.6 Å². The molecule has 3 nitrogen and oxygen atoms in total. The second-order valence-electron chi connectivity index (χ2n) is 3.22. The van der Waals surface area contributed by atoms with Gasteiger partial charge in [-0.25, -0.2) is 4.68 Å². The predicted octanol–water partition coefficient (Wildman–Crippen LogP) is 2.31. The van der Waals surface area contributed by atoms with Crippen molar-refractivity contribution in [2.75, 3.05) is 0 Å². The van der Waals surface area contributed by atoms with Gasteiger partial charge in [-0.15, -0.1) is 0 Å². The molecule has 0 spiro atoms. The Morgan fingerprint density at radius 2 is 2.07 bits per heavy atom. The van der Waals surface area contributed by atoms with Crippen molar-refractivity contribution >= 4 is 0 Å². The lowest BCUT2D eigenvalue weighted by molar-refractivity contribution is 0.813. The Labute approximate surface area is 88.6 Å². The molecule has 1 aromatic heterocycles. The molecule has 0 bridgehead atoms. The van der Waals surface area contributed by atoms with Gasteiger partial charge >= 0.3 is 0 Å². The predicted molar refractivity (Wildman–Crippen MR) is 57.7 cm³/mol. The van der Waals surface area contributed by atoms with E-state index in [9.17, 15) is 0 Å². The van der Waals surface area contributed by atoms with E-state index in [0.717, 1.165) is 17.8 Å². The lowest BCUT2D eigenvalue weighted by atomic mass is 10.2. The average molecular weight is 197 g/mol. The van der Waals surface area contributed by atoms with Crippen LogP contribution in [0.2, 0.25) is 0 Å². The third-order valence-corrected chi connectivity index (χ3v) is 2.32. The van der Waals surface area contributed by atoms with Crippen LogP contribution in [0.3, 0.4) is 0 Å². The summed E-state index contributed by atoms with van der Waals surface area (Å²) in [5.41, 5.74) is 2.61. The summed E-state index contributed by atoms with van der Waals surface area (Å²) < 4.78 is 1.82. The van der Waals surface area contributed by atoms with Gasteiger partial charge in [0.25, 0.3) is 0 Å². The molecule has 15 heavy (non-hydrogen) atoms. The van der Waals surface area contributed by atoms with Crippen LogP contribution in [0.5, 0.6) is 0 Å². The van der Waals surface area contributed by atoms with Crippen LogP contribution in [0.4, 0.5) is 0 Å². The fourth-order valence-corrected chi connectivity index (χ4v) is 1.60. The van der Waals surface area contributed by atoms with Crippen LogP contribution in [0.1, 0.15) is 18.2 Å². The molecule has 0 radical (unpaired) electrons. The molecule has 1 heterocycles. The zero-order valence-corrected chi connectivity index (χ0v) is 8.51. The highest BCUT2D eigenvalue weighted by Gasteiger charge is 2.09. The van der Waals surface area contributed by atoms with Crippen molar-refractivity contribution in [2.45, 2.75) is 13.3 Å². The van der Waals surface area contributed by atoms with Crippen molar-refractivity contribution < 1.29 is 0 Å². The molecule has 2 rings (SSSR count). The summed E-state index contributed by atoms with van der Waals surface area (Å²) in [7, 11) is 0. The van der Waals surface area contributed by atoms with E-state index >= 15 is 0 Å². The lowest BCUT2D eigenvalue weighted by Gasteiger charge is -2.05. The number of para-hydroxylation sites is 1. The van der Waals surface area contributed by atoms with Crippen molar-refractivity contribution in [3.63, 3.8) is 0 Å². The molecule has 0 amide bonds. The number of rotatable bonds is 2. The minimum absolute atomic E-state index is 0.654.